The van der Waals surface area contributed by atoms with E-state index in [1.165, 1.54) is 0 Å². The van der Waals surface area contributed by atoms with Crippen molar-refractivity contribution >= 4 is 12.1 Å². The second-order valence-corrected chi connectivity index (χ2v) is 12.4. The zero-order valence-corrected chi connectivity index (χ0v) is 23.4. The van der Waals surface area contributed by atoms with Gasteiger partial charge in [0, 0.05) is 13.0 Å². The van der Waals surface area contributed by atoms with E-state index in [0.717, 1.165) is 38.5 Å². The second-order valence-electron chi connectivity index (χ2n) is 12.4. The molecule has 2 aliphatic carbocycles. The normalized spacial score (nSPS) is 33.6. The van der Waals surface area contributed by atoms with E-state index in [1.807, 2.05) is 0 Å². The summed E-state index contributed by atoms with van der Waals surface area (Å²) in [4.78, 5) is 28.6. The van der Waals surface area contributed by atoms with Gasteiger partial charge in [0.05, 0.1) is 11.6 Å². The predicted molar refractivity (Wildman–Crippen MR) is 142 cm³/mol. The molecule has 2 fully saturated rings. The first kappa shape index (κ1) is 28.6. The Bertz CT molecular complexity index is 818. The first-order valence-corrected chi connectivity index (χ1v) is 14.2. The maximum absolute atomic E-state index is 13.5. The molecule has 6 nitrogen and oxygen atoms in total. The number of hydrogen-bond donors (Lipinski definition) is 1. The summed E-state index contributed by atoms with van der Waals surface area (Å²) in [5.41, 5.74) is 0.191. The Morgan fingerprint density at radius 2 is 1.50 bits per heavy atom. The van der Waals surface area contributed by atoms with Gasteiger partial charge in [-0.05, 0) is 67.6 Å². The number of esters is 1. The lowest BCUT2D eigenvalue weighted by atomic mass is 9.75. The van der Waals surface area contributed by atoms with Crippen LogP contribution in [0.4, 0.5) is 4.79 Å². The van der Waals surface area contributed by atoms with Gasteiger partial charge < -0.3 is 14.6 Å². The highest BCUT2D eigenvalue weighted by Crippen LogP contribution is 2.38. The first-order valence-electron chi connectivity index (χ1n) is 14.2. The van der Waals surface area contributed by atoms with Crippen molar-refractivity contribution in [3.8, 4) is 0 Å². The number of rotatable bonds is 7. The molecular formula is C30H49NO5. The smallest absolute Gasteiger partial charge is 0.410 e. The maximum atomic E-state index is 13.5. The molecule has 0 unspecified atom stereocenters. The van der Waals surface area contributed by atoms with Crippen LogP contribution in [0.25, 0.3) is 0 Å². The minimum absolute atomic E-state index is 0.0206. The Kier molecular flexibility index (Phi) is 9.94. The van der Waals surface area contributed by atoms with E-state index >= 15 is 0 Å². The summed E-state index contributed by atoms with van der Waals surface area (Å²) in [6, 6.07) is -0.631. The van der Waals surface area contributed by atoms with Gasteiger partial charge >= 0.3 is 12.1 Å². The molecule has 0 aromatic carbocycles. The van der Waals surface area contributed by atoms with E-state index in [-0.39, 0.29) is 30.0 Å². The number of nitrogens with zero attached hydrogens (tertiary/aromatic N) is 1. The Morgan fingerprint density at radius 1 is 0.972 bits per heavy atom. The third kappa shape index (κ3) is 6.66. The summed E-state index contributed by atoms with van der Waals surface area (Å²) in [6.07, 6.45) is 7.63. The average molecular weight is 504 g/mol. The number of hydrogen-bond acceptors (Lipinski definition) is 5. The van der Waals surface area contributed by atoms with Crippen molar-refractivity contribution in [3.05, 3.63) is 24.0 Å². The topological polar surface area (TPSA) is 76.1 Å². The van der Waals surface area contributed by atoms with Crippen LogP contribution in [0.1, 0.15) is 92.9 Å². The van der Waals surface area contributed by atoms with Gasteiger partial charge in [0.1, 0.15) is 18.0 Å². The van der Waals surface area contributed by atoms with Crippen LogP contribution in [-0.2, 0) is 14.3 Å². The van der Waals surface area contributed by atoms with Crippen LogP contribution < -0.4 is 0 Å². The standard InChI is InChI=1S/C30H49NO5/c1-8-9-24-28(29(33)35-26-16-20(6)10-12-22(26)18(2)3)25(32)14-15-31(24)30(34)36-27-17-21(7)11-13-23(27)19(4)5/h8,18-24,26-27,32H,1,9-17H2,2-7H3/t20-,21-,22+,23+,24+,26-,27-/m0/s1. The minimum Gasteiger partial charge on any atom is -0.512 e. The van der Waals surface area contributed by atoms with Gasteiger partial charge in [-0.15, -0.1) is 6.58 Å². The van der Waals surface area contributed by atoms with Crippen molar-refractivity contribution in [1.29, 1.82) is 0 Å². The van der Waals surface area contributed by atoms with Crippen molar-refractivity contribution < 1.29 is 24.2 Å². The molecule has 2 saturated carbocycles. The van der Waals surface area contributed by atoms with Crippen LogP contribution in [0.2, 0.25) is 0 Å². The molecule has 204 valence electrons. The van der Waals surface area contributed by atoms with Crippen LogP contribution >= 0.6 is 0 Å². The molecule has 6 heteroatoms. The van der Waals surface area contributed by atoms with E-state index in [4.69, 9.17) is 9.47 Å². The maximum Gasteiger partial charge on any atom is 0.410 e. The van der Waals surface area contributed by atoms with Gasteiger partial charge in [0.25, 0.3) is 0 Å². The predicted octanol–water partition coefficient (Wildman–Crippen LogP) is 7.05. The lowest BCUT2D eigenvalue weighted by Gasteiger charge is -2.41. The molecule has 0 bridgehead atoms. The molecule has 0 aromatic rings. The van der Waals surface area contributed by atoms with Crippen LogP contribution in [0.5, 0.6) is 0 Å². The van der Waals surface area contributed by atoms with Gasteiger partial charge in [-0.2, -0.15) is 0 Å². The summed E-state index contributed by atoms with van der Waals surface area (Å²) in [6.45, 7) is 17.3. The molecule has 1 amide bonds. The van der Waals surface area contributed by atoms with E-state index in [2.05, 4.69) is 48.1 Å². The molecule has 3 aliphatic rings. The average Bonchev–Trinajstić information content (AvgIpc) is 2.79. The minimum atomic E-state index is -0.631. The number of carbonyl (C=O) groups excluding carboxylic acids is 2. The highest BCUT2D eigenvalue weighted by Gasteiger charge is 2.42. The summed E-state index contributed by atoms with van der Waals surface area (Å²) in [5, 5.41) is 10.8. The summed E-state index contributed by atoms with van der Waals surface area (Å²) < 4.78 is 12.2. The fourth-order valence-electron chi connectivity index (χ4n) is 6.64. The number of carbonyl (C=O) groups is 2. The van der Waals surface area contributed by atoms with Gasteiger partial charge in [-0.1, -0.05) is 60.5 Å². The van der Waals surface area contributed by atoms with Crippen molar-refractivity contribution in [2.24, 2.45) is 35.5 Å². The van der Waals surface area contributed by atoms with Gasteiger partial charge in [-0.25, -0.2) is 9.59 Å². The molecule has 3 rings (SSSR count). The molecule has 0 aromatic heterocycles. The lowest BCUT2D eigenvalue weighted by Crippen LogP contribution is -2.50. The Morgan fingerprint density at radius 3 is 2.00 bits per heavy atom. The second kappa shape index (κ2) is 12.5. The van der Waals surface area contributed by atoms with E-state index in [1.54, 1.807) is 11.0 Å². The molecule has 0 spiro atoms. The molecule has 1 aliphatic heterocycles. The Labute approximate surface area is 218 Å². The molecule has 0 saturated heterocycles. The van der Waals surface area contributed by atoms with E-state index in [0.29, 0.717) is 48.5 Å². The van der Waals surface area contributed by atoms with Crippen molar-refractivity contribution in [1.82, 2.24) is 4.90 Å². The van der Waals surface area contributed by atoms with E-state index < -0.39 is 18.1 Å². The monoisotopic (exact) mass is 503 g/mol. The zero-order chi connectivity index (χ0) is 26.6. The largest absolute Gasteiger partial charge is 0.512 e. The summed E-state index contributed by atoms with van der Waals surface area (Å²) >= 11 is 0. The molecule has 36 heavy (non-hydrogen) atoms. The van der Waals surface area contributed by atoms with Crippen molar-refractivity contribution in [2.75, 3.05) is 6.54 Å². The van der Waals surface area contributed by atoms with Crippen LogP contribution in [0.15, 0.2) is 24.0 Å². The number of aliphatic hydroxyl groups excluding tert-OH is 1. The third-order valence-corrected chi connectivity index (χ3v) is 8.89. The first-order chi connectivity index (χ1) is 17.0. The lowest BCUT2D eigenvalue weighted by molar-refractivity contribution is -0.152. The number of aliphatic hydroxyl groups is 1. The fourth-order valence-corrected chi connectivity index (χ4v) is 6.64. The summed E-state index contributed by atoms with van der Waals surface area (Å²) in [5.74, 6) is 2.01. The molecule has 1 heterocycles. The van der Waals surface area contributed by atoms with Crippen LogP contribution in [0.3, 0.4) is 0 Å². The molecule has 7 atom stereocenters. The van der Waals surface area contributed by atoms with Crippen molar-refractivity contribution in [3.63, 3.8) is 0 Å². The highest BCUT2D eigenvalue weighted by atomic mass is 16.6. The Balaban J connectivity index is 1.78. The molecule has 1 N–H and O–H groups in total. The Hall–Kier alpha value is -1.98. The van der Waals surface area contributed by atoms with Gasteiger partial charge in [0.2, 0.25) is 0 Å². The third-order valence-electron chi connectivity index (χ3n) is 8.89. The molecule has 0 radical (unpaired) electrons. The molecular weight excluding hydrogens is 454 g/mol. The van der Waals surface area contributed by atoms with Crippen LogP contribution in [-0.4, -0.2) is 46.9 Å². The summed E-state index contributed by atoms with van der Waals surface area (Å²) in [7, 11) is 0. The number of ether oxygens (including phenoxy) is 2. The number of amides is 1. The van der Waals surface area contributed by atoms with Crippen LogP contribution in [0, 0.1) is 35.5 Å². The van der Waals surface area contributed by atoms with Gasteiger partial charge in [-0.3, -0.25) is 4.90 Å². The van der Waals surface area contributed by atoms with Crippen molar-refractivity contribution in [2.45, 2.75) is 111 Å². The van der Waals surface area contributed by atoms with Gasteiger partial charge in [0.15, 0.2) is 0 Å². The highest BCUT2D eigenvalue weighted by molar-refractivity contribution is 5.92. The van der Waals surface area contributed by atoms with E-state index in [9.17, 15) is 14.7 Å². The fraction of sp³-hybridized carbons (Fsp3) is 0.800. The zero-order valence-electron chi connectivity index (χ0n) is 23.4. The quantitative estimate of drug-likeness (QED) is 0.297. The SMILES string of the molecule is C=CC[C@@H]1C(C(=O)O[C@H]2C[C@@H](C)CC[C@@H]2C(C)C)=C(O)CCN1C(=O)O[C@H]1C[C@@H](C)CC[C@@H]1C(C)C.